The summed E-state index contributed by atoms with van der Waals surface area (Å²) in [7, 11) is 0. The van der Waals surface area contributed by atoms with Gasteiger partial charge in [0.05, 0.1) is 5.54 Å². The summed E-state index contributed by atoms with van der Waals surface area (Å²) in [5, 5.41) is 4.48. The molecule has 1 saturated heterocycles. The Morgan fingerprint density at radius 2 is 1.96 bits per heavy atom. The van der Waals surface area contributed by atoms with E-state index in [0.29, 0.717) is 6.42 Å². The Balaban J connectivity index is 1.68. The van der Waals surface area contributed by atoms with Gasteiger partial charge >= 0.3 is 0 Å². The maximum absolute atomic E-state index is 12.1. The maximum Gasteiger partial charge on any atom is 0.228 e. The summed E-state index contributed by atoms with van der Waals surface area (Å²) in [5.74, 6) is 1.78. The molecule has 2 aliphatic rings. The zero-order chi connectivity index (χ0) is 18.3. The number of hydrogen-bond donors (Lipinski definition) is 1. The average Bonchev–Trinajstić information content (AvgIpc) is 3.01. The van der Waals surface area contributed by atoms with Crippen LogP contribution < -0.4 is 10.2 Å². The number of benzene rings is 1. The van der Waals surface area contributed by atoms with Crippen LogP contribution in [0.15, 0.2) is 30.3 Å². The largest absolute Gasteiger partial charge is 0.360 e. The van der Waals surface area contributed by atoms with Crippen LogP contribution in [0, 0.1) is 13.8 Å². The van der Waals surface area contributed by atoms with E-state index in [2.05, 4.69) is 18.3 Å². The summed E-state index contributed by atoms with van der Waals surface area (Å²) >= 11 is 6.36. The highest BCUT2D eigenvalue weighted by Crippen LogP contribution is 2.46. The molecule has 0 unspecified atom stereocenters. The molecule has 5 heteroatoms. The molecule has 4 rings (SSSR count). The van der Waals surface area contributed by atoms with E-state index >= 15 is 0 Å². The zero-order valence-electron chi connectivity index (χ0n) is 15.3. The van der Waals surface area contributed by atoms with Crippen LogP contribution in [0.25, 0.3) is 0 Å². The molecule has 2 aromatic rings. The first-order valence-electron chi connectivity index (χ1n) is 9.32. The Kier molecular flexibility index (Phi) is 4.39. The Bertz CT molecular complexity index is 860. The third-order valence-corrected chi connectivity index (χ3v) is 6.17. The standard InChI is InChI=1S/C21H24ClN3O/c1-14-9-10-18(23-20(14)25-13-4-8-19(25)26)24-21(11-5-12-21)16-6-3-7-17(22)15(16)2/h3,6-7,9-10H,4-5,8,11-13H2,1-2H3,(H,23,24). The second kappa shape index (κ2) is 6.58. The fourth-order valence-corrected chi connectivity index (χ4v) is 4.27. The van der Waals surface area contributed by atoms with Gasteiger partial charge in [0.25, 0.3) is 0 Å². The number of anilines is 2. The van der Waals surface area contributed by atoms with Gasteiger partial charge in [0.2, 0.25) is 5.91 Å². The van der Waals surface area contributed by atoms with Crippen molar-refractivity contribution >= 4 is 29.1 Å². The SMILES string of the molecule is Cc1ccc(NC2(c3cccc(Cl)c3C)CCC2)nc1N1CCCC1=O. The first kappa shape index (κ1) is 17.3. The smallest absolute Gasteiger partial charge is 0.228 e. The average molecular weight is 370 g/mol. The van der Waals surface area contributed by atoms with Crippen molar-refractivity contribution < 1.29 is 4.79 Å². The second-order valence-corrected chi connectivity index (χ2v) is 7.87. The van der Waals surface area contributed by atoms with E-state index in [1.165, 1.54) is 12.0 Å². The highest BCUT2D eigenvalue weighted by molar-refractivity contribution is 6.31. The molecule has 0 atom stereocenters. The summed E-state index contributed by atoms with van der Waals surface area (Å²) in [6, 6.07) is 10.2. The van der Waals surface area contributed by atoms with Gasteiger partial charge in [0.1, 0.15) is 11.6 Å². The third kappa shape index (κ3) is 2.86. The van der Waals surface area contributed by atoms with Crippen LogP contribution in [-0.4, -0.2) is 17.4 Å². The summed E-state index contributed by atoms with van der Waals surface area (Å²) in [6.45, 7) is 4.85. The van der Waals surface area contributed by atoms with Gasteiger partial charge in [-0.1, -0.05) is 29.8 Å². The van der Waals surface area contributed by atoms with Gasteiger partial charge in [-0.15, -0.1) is 0 Å². The Hall–Kier alpha value is -2.07. The van der Waals surface area contributed by atoms with Gasteiger partial charge in [-0.2, -0.15) is 0 Å². The molecule has 0 spiro atoms. The molecule has 1 aromatic heterocycles. The summed E-state index contributed by atoms with van der Waals surface area (Å²) in [5.41, 5.74) is 3.29. The maximum atomic E-state index is 12.1. The molecule has 1 aliphatic carbocycles. The van der Waals surface area contributed by atoms with Crippen LogP contribution in [0.4, 0.5) is 11.6 Å². The number of carbonyl (C=O) groups is 1. The molecular weight excluding hydrogens is 346 g/mol. The normalized spacial score (nSPS) is 18.7. The minimum atomic E-state index is -0.121. The molecule has 4 nitrogen and oxygen atoms in total. The van der Waals surface area contributed by atoms with Crippen LogP contribution in [0.5, 0.6) is 0 Å². The highest BCUT2D eigenvalue weighted by atomic mass is 35.5. The zero-order valence-corrected chi connectivity index (χ0v) is 16.1. The van der Waals surface area contributed by atoms with E-state index in [9.17, 15) is 4.79 Å². The minimum Gasteiger partial charge on any atom is -0.360 e. The lowest BCUT2D eigenvalue weighted by Gasteiger charge is -2.44. The van der Waals surface area contributed by atoms with E-state index in [4.69, 9.17) is 16.6 Å². The van der Waals surface area contributed by atoms with Crippen LogP contribution >= 0.6 is 11.6 Å². The van der Waals surface area contributed by atoms with Gasteiger partial charge in [0, 0.05) is 18.0 Å². The molecule has 136 valence electrons. The number of nitrogens with zero attached hydrogens (tertiary/aromatic N) is 2. The predicted molar refractivity (Wildman–Crippen MR) is 106 cm³/mol. The van der Waals surface area contributed by atoms with Crippen molar-refractivity contribution in [2.75, 3.05) is 16.8 Å². The summed E-state index contributed by atoms with van der Waals surface area (Å²) in [6.07, 6.45) is 4.82. The van der Waals surface area contributed by atoms with E-state index < -0.39 is 0 Å². The van der Waals surface area contributed by atoms with Crippen molar-refractivity contribution in [2.24, 2.45) is 0 Å². The molecule has 26 heavy (non-hydrogen) atoms. The lowest BCUT2D eigenvalue weighted by molar-refractivity contribution is -0.117. The second-order valence-electron chi connectivity index (χ2n) is 7.46. The fraction of sp³-hybridized carbons (Fsp3) is 0.429. The Morgan fingerprint density at radius 3 is 2.62 bits per heavy atom. The molecule has 1 N–H and O–H groups in total. The van der Waals surface area contributed by atoms with Gasteiger partial charge < -0.3 is 5.32 Å². The first-order chi connectivity index (χ1) is 12.5. The number of rotatable bonds is 4. The number of hydrogen-bond acceptors (Lipinski definition) is 3. The Morgan fingerprint density at radius 1 is 1.15 bits per heavy atom. The number of amides is 1. The monoisotopic (exact) mass is 369 g/mol. The van der Waals surface area contributed by atoms with Gasteiger partial charge in [-0.3, -0.25) is 9.69 Å². The van der Waals surface area contributed by atoms with Crippen molar-refractivity contribution in [1.82, 2.24) is 4.98 Å². The van der Waals surface area contributed by atoms with Crippen molar-refractivity contribution in [1.29, 1.82) is 0 Å². The van der Waals surface area contributed by atoms with E-state index in [0.717, 1.165) is 53.6 Å². The van der Waals surface area contributed by atoms with E-state index in [-0.39, 0.29) is 11.4 Å². The summed E-state index contributed by atoms with van der Waals surface area (Å²) < 4.78 is 0. The lowest BCUT2D eigenvalue weighted by Crippen LogP contribution is -2.43. The van der Waals surface area contributed by atoms with Crippen LogP contribution in [-0.2, 0) is 10.3 Å². The van der Waals surface area contributed by atoms with Crippen LogP contribution in [0.3, 0.4) is 0 Å². The molecule has 2 fully saturated rings. The topological polar surface area (TPSA) is 45.2 Å². The Labute approximate surface area is 159 Å². The molecule has 2 heterocycles. The number of aryl methyl sites for hydroxylation is 1. The first-order valence-corrected chi connectivity index (χ1v) is 9.70. The number of nitrogens with one attached hydrogen (secondary N) is 1. The predicted octanol–water partition coefficient (Wildman–Crippen LogP) is 4.97. The lowest BCUT2D eigenvalue weighted by atomic mass is 9.70. The van der Waals surface area contributed by atoms with Gasteiger partial charge in [0.15, 0.2) is 0 Å². The number of aromatic nitrogens is 1. The van der Waals surface area contributed by atoms with E-state index in [1.807, 2.05) is 36.1 Å². The van der Waals surface area contributed by atoms with Crippen molar-refractivity contribution in [3.8, 4) is 0 Å². The third-order valence-electron chi connectivity index (χ3n) is 5.76. The molecule has 1 saturated carbocycles. The van der Waals surface area contributed by atoms with Gasteiger partial charge in [-0.05, 0) is 68.4 Å². The molecule has 0 radical (unpaired) electrons. The van der Waals surface area contributed by atoms with Crippen LogP contribution in [0.2, 0.25) is 5.02 Å². The number of carbonyl (C=O) groups excluding carboxylic acids is 1. The van der Waals surface area contributed by atoms with Crippen molar-refractivity contribution in [3.05, 3.63) is 52.0 Å². The summed E-state index contributed by atoms with van der Waals surface area (Å²) in [4.78, 5) is 18.8. The quantitative estimate of drug-likeness (QED) is 0.827. The van der Waals surface area contributed by atoms with Crippen molar-refractivity contribution in [3.63, 3.8) is 0 Å². The van der Waals surface area contributed by atoms with Gasteiger partial charge in [-0.25, -0.2) is 4.98 Å². The fourth-order valence-electron chi connectivity index (χ4n) is 4.10. The number of halogens is 1. The van der Waals surface area contributed by atoms with Crippen LogP contribution in [0.1, 0.15) is 48.8 Å². The van der Waals surface area contributed by atoms with E-state index in [1.54, 1.807) is 0 Å². The van der Waals surface area contributed by atoms with Crippen molar-refractivity contribution in [2.45, 2.75) is 51.5 Å². The minimum absolute atomic E-state index is 0.121. The molecular formula is C21H24ClN3O. The molecule has 0 bridgehead atoms. The highest BCUT2D eigenvalue weighted by Gasteiger charge is 2.40. The molecule has 1 aliphatic heterocycles. The number of pyridine rings is 1. The molecule has 1 aromatic carbocycles. The molecule has 1 amide bonds.